The molecule has 3 aliphatic rings. The van der Waals surface area contributed by atoms with Gasteiger partial charge in [0.05, 0.1) is 6.42 Å². The molecule has 2 unspecified atom stereocenters. The summed E-state index contributed by atoms with van der Waals surface area (Å²) < 4.78 is 6.20. The molecular weight excluding hydrogens is 444 g/mol. The van der Waals surface area contributed by atoms with Crippen molar-refractivity contribution in [3.63, 3.8) is 0 Å². The highest BCUT2D eigenvalue weighted by atomic mass is 16.6. The first-order valence-electron chi connectivity index (χ1n) is 11.6. The molecule has 8 heteroatoms. The molecule has 3 N–H and O–H groups in total. The van der Waals surface area contributed by atoms with Crippen molar-refractivity contribution >= 4 is 29.2 Å². The summed E-state index contributed by atoms with van der Waals surface area (Å²) in [5, 5.41) is 9.07. The summed E-state index contributed by atoms with van der Waals surface area (Å²) in [6.07, 6.45) is 0.209. The number of rotatable bonds is 4. The summed E-state index contributed by atoms with van der Waals surface area (Å²) in [6, 6.07) is 23.1. The number of piperazine rings is 1. The number of benzene rings is 3. The van der Waals surface area contributed by atoms with E-state index in [-0.39, 0.29) is 24.2 Å². The minimum absolute atomic E-state index is 0.105. The van der Waals surface area contributed by atoms with E-state index < -0.39 is 17.8 Å². The second kappa shape index (κ2) is 8.33. The number of carbonyl (C=O) groups is 3. The Balaban J connectivity index is 1.43. The first kappa shape index (κ1) is 21.5. The maximum absolute atomic E-state index is 13.8. The SMILES string of the molecule is O=C1Cc2c(cccc2NC(=O)C2CNCC3C(=O)OC(c4ccccc4)(c4ccccc4)N23)N1. The molecule has 3 aromatic carbocycles. The van der Waals surface area contributed by atoms with Crippen molar-refractivity contribution < 1.29 is 19.1 Å². The molecule has 35 heavy (non-hydrogen) atoms. The van der Waals surface area contributed by atoms with Crippen molar-refractivity contribution in [2.45, 2.75) is 24.2 Å². The predicted molar refractivity (Wildman–Crippen MR) is 129 cm³/mol. The topological polar surface area (TPSA) is 99.8 Å². The van der Waals surface area contributed by atoms with Crippen LogP contribution in [-0.2, 0) is 31.3 Å². The molecule has 0 aromatic heterocycles. The monoisotopic (exact) mass is 468 g/mol. The van der Waals surface area contributed by atoms with Crippen molar-refractivity contribution in [2.24, 2.45) is 0 Å². The number of ether oxygens (including phenoxy) is 1. The van der Waals surface area contributed by atoms with Gasteiger partial charge in [-0.25, -0.2) is 4.90 Å². The van der Waals surface area contributed by atoms with Crippen LogP contribution in [0.15, 0.2) is 78.9 Å². The van der Waals surface area contributed by atoms with Gasteiger partial charge >= 0.3 is 5.97 Å². The van der Waals surface area contributed by atoms with Gasteiger partial charge in [-0.2, -0.15) is 0 Å². The molecular formula is C27H24N4O4. The smallest absolute Gasteiger partial charge is 0.327 e. The summed E-state index contributed by atoms with van der Waals surface area (Å²) in [4.78, 5) is 40.8. The van der Waals surface area contributed by atoms with E-state index in [1.54, 1.807) is 12.1 Å². The Bertz CT molecular complexity index is 1270. The molecule has 2 saturated heterocycles. The summed E-state index contributed by atoms with van der Waals surface area (Å²) in [7, 11) is 0. The lowest BCUT2D eigenvalue weighted by molar-refractivity contribution is -0.152. The van der Waals surface area contributed by atoms with Gasteiger partial charge in [-0.15, -0.1) is 0 Å². The molecule has 3 heterocycles. The number of hydrogen-bond acceptors (Lipinski definition) is 6. The summed E-state index contributed by atoms with van der Waals surface area (Å²) >= 11 is 0. The Morgan fingerprint density at radius 2 is 1.60 bits per heavy atom. The van der Waals surface area contributed by atoms with E-state index in [0.717, 1.165) is 16.7 Å². The number of fused-ring (bicyclic) bond motifs is 2. The molecule has 3 aromatic rings. The molecule has 0 radical (unpaired) electrons. The Morgan fingerprint density at radius 1 is 0.914 bits per heavy atom. The van der Waals surface area contributed by atoms with Crippen LogP contribution in [0.2, 0.25) is 0 Å². The van der Waals surface area contributed by atoms with Crippen molar-refractivity contribution in [3.05, 3.63) is 95.6 Å². The number of cyclic esters (lactones) is 1. The number of carbonyl (C=O) groups excluding carboxylic acids is 3. The minimum Gasteiger partial charge on any atom is -0.434 e. The van der Waals surface area contributed by atoms with E-state index in [2.05, 4.69) is 16.0 Å². The second-order valence-electron chi connectivity index (χ2n) is 8.94. The molecule has 0 bridgehead atoms. The molecule has 2 amide bonds. The molecule has 176 valence electrons. The number of esters is 1. The van der Waals surface area contributed by atoms with Gasteiger partial charge < -0.3 is 20.7 Å². The molecule has 6 rings (SSSR count). The Labute approximate surface area is 202 Å². The lowest BCUT2D eigenvalue weighted by Crippen LogP contribution is -2.65. The fraction of sp³-hybridized carbons (Fsp3) is 0.222. The van der Waals surface area contributed by atoms with Crippen molar-refractivity contribution in [3.8, 4) is 0 Å². The quantitative estimate of drug-likeness (QED) is 0.508. The van der Waals surface area contributed by atoms with Crippen molar-refractivity contribution in [1.82, 2.24) is 10.2 Å². The highest BCUT2D eigenvalue weighted by Gasteiger charge is 2.60. The van der Waals surface area contributed by atoms with E-state index >= 15 is 0 Å². The first-order valence-corrected chi connectivity index (χ1v) is 11.6. The van der Waals surface area contributed by atoms with E-state index in [9.17, 15) is 14.4 Å². The largest absolute Gasteiger partial charge is 0.434 e. The Kier molecular flexibility index (Phi) is 5.12. The lowest BCUT2D eigenvalue weighted by Gasteiger charge is -2.44. The van der Waals surface area contributed by atoms with Crippen LogP contribution < -0.4 is 16.0 Å². The van der Waals surface area contributed by atoms with Gasteiger partial charge in [-0.05, 0) is 12.1 Å². The summed E-state index contributed by atoms with van der Waals surface area (Å²) in [5.74, 6) is -0.755. The van der Waals surface area contributed by atoms with Crippen LogP contribution in [0.4, 0.5) is 11.4 Å². The van der Waals surface area contributed by atoms with E-state index in [0.29, 0.717) is 24.5 Å². The third kappa shape index (κ3) is 3.41. The number of nitrogens with zero attached hydrogens (tertiary/aromatic N) is 1. The maximum atomic E-state index is 13.8. The van der Waals surface area contributed by atoms with Crippen LogP contribution in [0.3, 0.4) is 0 Å². The molecule has 0 saturated carbocycles. The van der Waals surface area contributed by atoms with Crippen LogP contribution in [0.5, 0.6) is 0 Å². The summed E-state index contributed by atoms with van der Waals surface area (Å²) in [6.45, 7) is 0.718. The van der Waals surface area contributed by atoms with Crippen LogP contribution in [0, 0.1) is 0 Å². The molecule has 8 nitrogen and oxygen atoms in total. The van der Waals surface area contributed by atoms with Gasteiger partial charge in [0.2, 0.25) is 17.5 Å². The molecule has 2 fully saturated rings. The number of amides is 2. The van der Waals surface area contributed by atoms with Crippen LogP contribution in [0.1, 0.15) is 16.7 Å². The predicted octanol–water partition coefficient (Wildman–Crippen LogP) is 2.22. The van der Waals surface area contributed by atoms with Crippen molar-refractivity contribution in [1.29, 1.82) is 0 Å². The van der Waals surface area contributed by atoms with Gasteiger partial charge in [0.15, 0.2) is 0 Å². The number of anilines is 2. The molecule has 0 spiro atoms. The highest BCUT2D eigenvalue weighted by Crippen LogP contribution is 2.46. The van der Waals surface area contributed by atoms with Crippen LogP contribution in [0.25, 0.3) is 0 Å². The zero-order valence-corrected chi connectivity index (χ0v) is 18.9. The van der Waals surface area contributed by atoms with Gasteiger partial charge in [-0.1, -0.05) is 66.7 Å². The van der Waals surface area contributed by atoms with E-state index in [1.165, 1.54) is 0 Å². The zero-order chi connectivity index (χ0) is 24.0. The summed E-state index contributed by atoms with van der Waals surface area (Å²) in [5.41, 5.74) is 2.36. The number of nitrogens with one attached hydrogen (secondary N) is 3. The van der Waals surface area contributed by atoms with Crippen LogP contribution in [-0.4, -0.2) is 47.9 Å². The average Bonchev–Trinajstić information content (AvgIpc) is 3.43. The average molecular weight is 469 g/mol. The molecule has 3 aliphatic heterocycles. The standard InChI is InChI=1S/C27H24N4O4/c32-24-14-19-20(29-24)12-7-13-21(19)30-25(33)22-15-28-16-23-26(34)35-27(31(22)23,17-8-3-1-4-9-17)18-10-5-2-6-11-18/h1-13,22-23,28H,14-16H2,(H,29,32)(H,30,33). The highest BCUT2D eigenvalue weighted by molar-refractivity contribution is 6.04. The van der Waals surface area contributed by atoms with Crippen LogP contribution >= 0.6 is 0 Å². The van der Waals surface area contributed by atoms with Gasteiger partial charge in [0, 0.05) is 41.2 Å². The third-order valence-corrected chi connectivity index (χ3v) is 6.91. The first-order chi connectivity index (χ1) is 17.1. The molecule has 2 atom stereocenters. The van der Waals surface area contributed by atoms with Gasteiger partial charge in [0.25, 0.3) is 0 Å². The lowest BCUT2D eigenvalue weighted by atomic mass is 9.90. The minimum atomic E-state index is -1.25. The normalized spacial score (nSPS) is 22.6. The van der Waals surface area contributed by atoms with E-state index in [1.807, 2.05) is 71.6 Å². The Morgan fingerprint density at radius 3 is 2.29 bits per heavy atom. The van der Waals surface area contributed by atoms with Crippen molar-refractivity contribution in [2.75, 3.05) is 23.7 Å². The third-order valence-electron chi connectivity index (χ3n) is 6.91. The Hall–Kier alpha value is -4.01. The fourth-order valence-electron chi connectivity index (χ4n) is 5.39. The fourth-order valence-corrected chi connectivity index (χ4v) is 5.39. The zero-order valence-electron chi connectivity index (χ0n) is 18.9. The molecule has 0 aliphatic carbocycles. The van der Waals surface area contributed by atoms with E-state index in [4.69, 9.17) is 4.74 Å². The second-order valence-corrected chi connectivity index (χ2v) is 8.94. The van der Waals surface area contributed by atoms with Gasteiger partial charge in [0.1, 0.15) is 12.1 Å². The van der Waals surface area contributed by atoms with Gasteiger partial charge in [-0.3, -0.25) is 14.4 Å². The maximum Gasteiger partial charge on any atom is 0.327 e. The number of hydrogen-bond donors (Lipinski definition) is 3.